The molecule has 0 N–H and O–H groups in total. The van der Waals surface area contributed by atoms with Gasteiger partial charge >= 0.3 is 5.97 Å². The van der Waals surface area contributed by atoms with Gasteiger partial charge in [-0.15, -0.1) is 22.7 Å². The van der Waals surface area contributed by atoms with Crippen LogP contribution in [0.15, 0.2) is 47.2 Å². The molecule has 0 atom stereocenters. The lowest BCUT2D eigenvalue weighted by molar-refractivity contribution is -0.151. The Morgan fingerprint density at radius 3 is 2.85 bits per heavy atom. The number of aromatic nitrogens is 1. The van der Waals surface area contributed by atoms with E-state index in [1.165, 1.54) is 21.8 Å². The number of nitrogens with zero attached hydrogens (tertiary/aromatic N) is 2. The molecule has 0 saturated carbocycles. The highest BCUT2D eigenvalue weighted by Crippen LogP contribution is 2.25. The third kappa shape index (κ3) is 4.26. The third-order valence-electron chi connectivity index (χ3n) is 4.41. The number of thiazole rings is 1. The minimum atomic E-state index is -0.429. The molecule has 1 aliphatic heterocycles. The van der Waals surface area contributed by atoms with Crippen molar-refractivity contribution in [2.24, 2.45) is 0 Å². The van der Waals surface area contributed by atoms with E-state index >= 15 is 0 Å². The largest absolute Gasteiger partial charge is 0.455 e. The third-order valence-corrected chi connectivity index (χ3v) is 6.38. The van der Waals surface area contributed by atoms with Gasteiger partial charge in [0.1, 0.15) is 5.01 Å². The van der Waals surface area contributed by atoms with Crippen LogP contribution >= 0.6 is 22.7 Å². The maximum Gasteiger partial charge on any atom is 0.312 e. The Morgan fingerprint density at radius 2 is 2.00 bits per heavy atom. The summed E-state index contributed by atoms with van der Waals surface area (Å²) in [4.78, 5) is 32.0. The van der Waals surface area contributed by atoms with Gasteiger partial charge in [-0.2, -0.15) is 0 Å². The standard InChI is InChI=1S/C20H18N2O3S2/c23-18(22-8-6-17-15(11-22)7-9-26-17)12-25-19(24)10-16-13-27-20(21-16)14-4-2-1-3-5-14/h1-5,7,9,13H,6,8,10-12H2. The van der Waals surface area contributed by atoms with Crippen LogP contribution in [0.3, 0.4) is 0 Å². The summed E-state index contributed by atoms with van der Waals surface area (Å²) in [5.74, 6) is -0.579. The smallest absolute Gasteiger partial charge is 0.312 e. The van der Waals surface area contributed by atoms with E-state index in [4.69, 9.17) is 4.74 Å². The van der Waals surface area contributed by atoms with E-state index in [0.717, 1.165) is 17.0 Å². The molecule has 2 aromatic heterocycles. The van der Waals surface area contributed by atoms with E-state index in [1.807, 2.05) is 35.7 Å². The number of amides is 1. The van der Waals surface area contributed by atoms with Crippen LogP contribution in [0, 0.1) is 0 Å². The van der Waals surface area contributed by atoms with Crippen LogP contribution in [-0.4, -0.2) is 34.9 Å². The van der Waals surface area contributed by atoms with Gasteiger partial charge in [0.25, 0.3) is 5.91 Å². The molecule has 1 aliphatic rings. The molecule has 27 heavy (non-hydrogen) atoms. The van der Waals surface area contributed by atoms with E-state index < -0.39 is 5.97 Å². The number of fused-ring (bicyclic) bond motifs is 1. The van der Waals surface area contributed by atoms with E-state index in [0.29, 0.717) is 18.8 Å². The predicted molar refractivity (Wildman–Crippen MR) is 106 cm³/mol. The Bertz CT molecular complexity index is 949. The summed E-state index contributed by atoms with van der Waals surface area (Å²) >= 11 is 3.22. The summed E-state index contributed by atoms with van der Waals surface area (Å²) in [6, 6.07) is 11.9. The van der Waals surface area contributed by atoms with Gasteiger partial charge in [-0.1, -0.05) is 30.3 Å². The molecule has 1 aromatic carbocycles. The average molecular weight is 399 g/mol. The number of esters is 1. The Hall–Kier alpha value is -2.51. The van der Waals surface area contributed by atoms with Crippen LogP contribution in [0.2, 0.25) is 0 Å². The first-order valence-electron chi connectivity index (χ1n) is 8.67. The number of carbonyl (C=O) groups excluding carboxylic acids is 2. The quantitative estimate of drug-likeness (QED) is 0.617. The van der Waals surface area contributed by atoms with E-state index in [2.05, 4.69) is 16.4 Å². The SMILES string of the molecule is O=C(Cc1csc(-c2ccccc2)n1)OCC(=O)N1CCc2sccc2C1. The number of hydrogen-bond acceptors (Lipinski definition) is 6. The van der Waals surface area contributed by atoms with Crippen molar-refractivity contribution in [3.05, 3.63) is 63.3 Å². The zero-order chi connectivity index (χ0) is 18.6. The molecular weight excluding hydrogens is 380 g/mol. The van der Waals surface area contributed by atoms with Gasteiger partial charge in [-0.05, 0) is 23.4 Å². The lowest BCUT2D eigenvalue weighted by Gasteiger charge is -2.26. The summed E-state index contributed by atoms with van der Waals surface area (Å²) in [7, 11) is 0. The summed E-state index contributed by atoms with van der Waals surface area (Å²) in [6.45, 7) is 1.06. The molecule has 3 aromatic rings. The zero-order valence-corrected chi connectivity index (χ0v) is 16.2. The van der Waals surface area contributed by atoms with Crippen molar-refractivity contribution in [2.75, 3.05) is 13.2 Å². The molecule has 0 aliphatic carbocycles. The molecule has 0 unspecified atom stereocenters. The van der Waals surface area contributed by atoms with Crippen molar-refractivity contribution in [3.63, 3.8) is 0 Å². The zero-order valence-electron chi connectivity index (χ0n) is 14.6. The molecule has 0 saturated heterocycles. The fourth-order valence-electron chi connectivity index (χ4n) is 3.00. The molecule has 5 nitrogen and oxygen atoms in total. The average Bonchev–Trinajstić information content (AvgIpc) is 3.35. The fraction of sp³-hybridized carbons (Fsp3) is 0.250. The van der Waals surface area contributed by atoms with Gasteiger partial charge in [0, 0.05) is 28.9 Å². The lowest BCUT2D eigenvalue weighted by atomic mass is 10.1. The van der Waals surface area contributed by atoms with Crippen molar-refractivity contribution < 1.29 is 14.3 Å². The topological polar surface area (TPSA) is 59.5 Å². The molecule has 0 radical (unpaired) electrons. The Morgan fingerprint density at radius 1 is 1.15 bits per heavy atom. The molecular formula is C20H18N2O3S2. The van der Waals surface area contributed by atoms with Gasteiger partial charge < -0.3 is 9.64 Å². The molecule has 138 valence electrons. The predicted octanol–water partition coefficient (Wildman–Crippen LogP) is 3.54. The first-order valence-corrected chi connectivity index (χ1v) is 10.4. The van der Waals surface area contributed by atoms with E-state index in [9.17, 15) is 9.59 Å². The Kier molecular flexibility index (Phi) is 5.31. The molecule has 1 amide bonds. The summed E-state index contributed by atoms with van der Waals surface area (Å²) in [5.41, 5.74) is 2.88. The van der Waals surface area contributed by atoms with Crippen molar-refractivity contribution in [3.8, 4) is 10.6 Å². The van der Waals surface area contributed by atoms with Gasteiger partial charge in [-0.3, -0.25) is 9.59 Å². The first-order chi connectivity index (χ1) is 13.2. The van der Waals surface area contributed by atoms with Crippen LogP contribution in [0.1, 0.15) is 16.1 Å². The van der Waals surface area contributed by atoms with Crippen LogP contribution in [0.4, 0.5) is 0 Å². The molecule has 0 bridgehead atoms. The second-order valence-electron chi connectivity index (χ2n) is 6.28. The van der Waals surface area contributed by atoms with Gasteiger partial charge in [0.15, 0.2) is 6.61 Å². The minimum Gasteiger partial charge on any atom is -0.455 e. The minimum absolute atomic E-state index is 0.0747. The summed E-state index contributed by atoms with van der Waals surface area (Å²) in [5, 5.41) is 4.78. The van der Waals surface area contributed by atoms with Crippen molar-refractivity contribution >= 4 is 34.6 Å². The number of carbonyl (C=O) groups is 2. The molecule has 0 fully saturated rings. The van der Waals surface area contributed by atoms with Gasteiger partial charge in [0.2, 0.25) is 0 Å². The first kappa shape index (κ1) is 17.9. The summed E-state index contributed by atoms with van der Waals surface area (Å²) in [6.07, 6.45) is 0.944. The van der Waals surface area contributed by atoms with Crippen LogP contribution in [0.25, 0.3) is 10.6 Å². The maximum atomic E-state index is 12.3. The Labute approximate surface area is 165 Å². The van der Waals surface area contributed by atoms with E-state index in [-0.39, 0.29) is 18.9 Å². The van der Waals surface area contributed by atoms with Crippen molar-refractivity contribution in [1.82, 2.24) is 9.88 Å². The van der Waals surface area contributed by atoms with Crippen molar-refractivity contribution in [2.45, 2.75) is 19.4 Å². The second-order valence-corrected chi connectivity index (χ2v) is 8.14. The van der Waals surface area contributed by atoms with Gasteiger partial charge in [0.05, 0.1) is 12.1 Å². The number of rotatable bonds is 5. The molecule has 7 heteroatoms. The number of hydrogen-bond donors (Lipinski definition) is 0. The maximum absolute atomic E-state index is 12.3. The lowest BCUT2D eigenvalue weighted by Crippen LogP contribution is -2.38. The highest BCUT2D eigenvalue weighted by atomic mass is 32.1. The molecule has 3 heterocycles. The van der Waals surface area contributed by atoms with Gasteiger partial charge in [-0.25, -0.2) is 4.98 Å². The van der Waals surface area contributed by atoms with Crippen LogP contribution in [-0.2, 0) is 33.7 Å². The molecule has 4 rings (SSSR count). The van der Waals surface area contributed by atoms with Crippen molar-refractivity contribution in [1.29, 1.82) is 0 Å². The number of benzene rings is 1. The normalized spacial score (nSPS) is 13.3. The highest BCUT2D eigenvalue weighted by Gasteiger charge is 2.22. The second kappa shape index (κ2) is 8.02. The molecule has 0 spiro atoms. The van der Waals surface area contributed by atoms with E-state index in [1.54, 1.807) is 16.2 Å². The summed E-state index contributed by atoms with van der Waals surface area (Å²) < 4.78 is 5.18. The number of ether oxygens (including phenoxy) is 1. The van der Waals surface area contributed by atoms with Crippen LogP contribution < -0.4 is 0 Å². The Balaban J connectivity index is 1.28. The van der Waals surface area contributed by atoms with Crippen LogP contribution in [0.5, 0.6) is 0 Å². The fourth-order valence-corrected chi connectivity index (χ4v) is 4.71. The monoisotopic (exact) mass is 398 g/mol. The number of thiophene rings is 1. The highest BCUT2D eigenvalue weighted by molar-refractivity contribution is 7.13.